The molecule has 9 heteroatoms. The summed E-state index contributed by atoms with van der Waals surface area (Å²) < 4.78 is 5.46. The molecule has 1 N–H and O–H groups in total. The molecule has 1 aliphatic rings. The van der Waals surface area contributed by atoms with Crippen LogP contribution < -0.4 is 9.80 Å². The Morgan fingerprint density at radius 1 is 1.19 bits per heavy atom. The van der Waals surface area contributed by atoms with E-state index in [9.17, 15) is 5.11 Å². The summed E-state index contributed by atoms with van der Waals surface area (Å²) in [5.74, 6) is 2.11. The average molecular weight is 372 g/mol. The van der Waals surface area contributed by atoms with Gasteiger partial charge >= 0.3 is 0 Å². The van der Waals surface area contributed by atoms with Crippen LogP contribution in [-0.4, -0.2) is 65.4 Å². The van der Waals surface area contributed by atoms with Crippen LogP contribution in [0, 0.1) is 0 Å². The molecule has 8 nitrogen and oxygen atoms in total. The van der Waals surface area contributed by atoms with Gasteiger partial charge in [0.05, 0.1) is 30.8 Å². The summed E-state index contributed by atoms with van der Waals surface area (Å²) in [6.45, 7) is 2.92. The lowest BCUT2D eigenvalue weighted by atomic mass is 10.2. The lowest BCUT2D eigenvalue weighted by molar-refractivity contribution is 0.122. The smallest absolute Gasteiger partial charge is 0.224 e. The minimum absolute atomic E-state index is 0.000443. The van der Waals surface area contributed by atoms with Crippen molar-refractivity contribution in [3.8, 4) is 11.4 Å². The summed E-state index contributed by atoms with van der Waals surface area (Å²) in [4.78, 5) is 24.0. The Bertz CT molecular complexity index is 906. The van der Waals surface area contributed by atoms with Gasteiger partial charge in [-0.15, -0.1) is 11.3 Å². The van der Waals surface area contributed by atoms with E-state index in [1.54, 1.807) is 12.4 Å². The number of rotatable bonds is 4. The number of aromatic nitrogens is 4. The van der Waals surface area contributed by atoms with Crippen LogP contribution in [-0.2, 0) is 11.3 Å². The molecule has 1 saturated heterocycles. The first-order chi connectivity index (χ1) is 12.7. The zero-order chi connectivity index (χ0) is 18.1. The maximum atomic E-state index is 9.51. The highest BCUT2D eigenvalue weighted by molar-refractivity contribution is 7.18. The van der Waals surface area contributed by atoms with Crippen molar-refractivity contribution < 1.29 is 9.84 Å². The second kappa shape index (κ2) is 7.10. The second-order valence-electron chi connectivity index (χ2n) is 6.23. The molecule has 3 aromatic rings. The summed E-state index contributed by atoms with van der Waals surface area (Å²) >= 11 is 1.48. The fraction of sp³-hybridized carbons (Fsp3) is 0.412. The van der Waals surface area contributed by atoms with E-state index in [0.29, 0.717) is 25.0 Å². The third-order valence-electron chi connectivity index (χ3n) is 4.19. The van der Waals surface area contributed by atoms with Crippen LogP contribution in [0.25, 0.3) is 21.6 Å². The number of aliphatic hydroxyl groups excluding tert-OH is 1. The third kappa shape index (κ3) is 3.20. The van der Waals surface area contributed by atoms with E-state index in [4.69, 9.17) is 9.72 Å². The van der Waals surface area contributed by atoms with E-state index in [0.717, 1.165) is 39.6 Å². The first-order valence-corrected chi connectivity index (χ1v) is 9.21. The van der Waals surface area contributed by atoms with Crippen molar-refractivity contribution in [2.24, 2.45) is 0 Å². The van der Waals surface area contributed by atoms with Crippen LogP contribution in [0.3, 0.4) is 0 Å². The maximum absolute atomic E-state index is 9.51. The topological polar surface area (TPSA) is 87.5 Å². The molecule has 136 valence electrons. The summed E-state index contributed by atoms with van der Waals surface area (Å²) in [7, 11) is 3.80. The zero-order valence-electron chi connectivity index (χ0n) is 14.7. The van der Waals surface area contributed by atoms with Crippen LogP contribution in [0.2, 0.25) is 0 Å². The van der Waals surface area contributed by atoms with Gasteiger partial charge in [-0.05, 0) is 6.07 Å². The minimum Gasteiger partial charge on any atom is -0.391 e. The Labute approximate surface area is 155 Å². The Morgan fingerprint density at radius 3 is 2.58 bits per heavy atom. The third-order valence-corrected chi connectivity index (χ3v) is 5.20. The molecule has 0 unspecified atom stereocenters. The average Bonchev–Trinajstić information content (AvgIpc) is 3.11. The van der Waals surface area contributed by atoms with Crippen molar-refractivity contribution in [1.29, 1.82) is 0 Å². The van der Waals surface area contributed by atoms with E-state index in [2.05, 4.69) is 19.9 Å². The van der Waals surface area contributed by atoms with E-state index in [1.165, 1.54) is 11.3 Å². The van der Waals surface area contributed by atoms with E-state index in [-0.39, 0.29) is 6.61 Å². The van der Waals surface area contributed by atoms with E-state index in [1.807, 2.05) is 25.1 Å². The molecular weight excluding hydrogens is 352 g/mol. The van der Waals surface area contributed by atoms with Crippen molar-refractivity contribution in [3.63, 3.8) is 0 Å². The predicted molar refractivity (Wildman–Crippen MR) is 102 cm³/mol. The molecule has 3 aromatic heterocycles. The van der Waals surface area contributed by atoms with Gasteiger partial charge in [0.1, 0.15) is 10.6 Å². The van der Waals surface area contributed by atoms with Gasteiger partial charge in [-0.2, -0.15) is 0 Å². The normalized spacial score (nSPS) is 14.8. The van der Waals surface area contributed by atoms with Crippen LogP contribution in [0.4, 0.5) is 11.8 Å². The summed E-state index contributed by atoms with van der Waals surface area (Å²) in [6.07, 6.45) is 3.49. The van der Waals surface area contributed by atoms with E-state index >= 15 is 0 Å². The zero-order valence-corrected chi connectivity index (χ0v) is 15.5. The molecule has 4 heterocycles. The molecule has 0 aliphatic carbocycles. The van der Waals surface area contributed by atoms with Gasteiger partial charge in [-0.25, -0.2) is 19.9 Å². The standard InChI is InChI=1S/C17H20N6O2S/c1-22(2)17-18-8-11(9-19-17)14-20-15(23-3-5-25-6-4-23)13-7-12(10-24)26-16(13)21-14/h7-9,24H,3-6,10H2,1-2H3. The first-order valence-electron chi connectivity index (χ1n) is 8.39. The van der Waals surface area contributed by atoms with Crippen LogP contribution >= 0.6 is 11.3 Å². The highest BCUT2D eigenvalue weighted by atomic mass is 32.1. The first kappa shape index (κ1) is 17.1. The summed E-state index contributed by atoms with van der Waals surface area (Å²) in [5.41, 5.74) is 0.769. The van der Waals surface area contributed by atoms with Gasteiger partial charge in [-0.3, -0.25) is 0 Å². The van der Waals surface area contributed by atoms with Crippen molar-refractivity contribution in [3.05, 3.63) is 23.3 Å². The van der Waals surface area contributed by atoms with Crippen LogP contribution in [0.5, 0.6) is 0 Å². The number of anilines is 2. The van der Waals surface area contributed by atoms with Crippen molar-refractivity contribution >= 4 is 33.3 Å². The van der Waals surface area contributed by atoms with Gasteiger partial charge in [0.2, 0.25) is 5.95 Å². The largest absolute Gasteiger partial charge is 0.391 e. The number of aliphatic hydroxyl groups is 1. The van der Waals surface area contributed by atoms with Gasteiger partial charge in [0, 0.05) is 44.5 Å². The predicted octanol–water partition coefficient (Wildman–Crippen LogP) is 1.54. The van der Waals surface area contributed by atoms with Gasteiger partial charge in [-0.1, -0.05) is 0 Å². The van der Waals surface area contributed by atoms with Gasteiger partial charge < -0.3 is 19.6 Å². The molecule has 0 aromatic carbocycles. The molecule has 0 saturated carbocycles. The fourth-order valence-electron chi connectivity index (χ4n) is 2.85. The number of morpholine rings is 1. The molecule has 0 spiro atoms. The molecule has 0 atom stereocenters. The number of fused-ring (bicyclic) bond motifs is 1. The number of hydrogen-bond acceptors (Lipinski definition) is 9. The molecule has 0 amide bonds. The lowest BCUT2D eigenvalue weighted by Gasteiger charge is -2.28. The SMILES string of the molecule is CN(C)c1ncc(-c2nc(N3CCOCC3)c3cc(CO)sc3n2)cn1. The highest BCUT2D eigenvalue weighted by Gasteiger charge is 2.20. The van der Waals surface area contributed by atoms with Crippen LogP contribution in [0.1, 0.15) is 4.88 Å². The molecule has 1 aliphatic heterocycles. The molecule has 1 fully saturated rings. The van der Waals surface area contributed by atoms with Crippen molar-refractivity contribution in [2.75, 3.05) is 50.2 Å². The Hall–Kier alpha value is -2.36. The fourth-order valence-corrected chi connectivity index (χ4v) is 3.73. The minimum atomic E-state index is -0.000443. The monoisotopic (exact) mass is 372 g/mol. The Morgan fingerprint density at radius 2 is 1.92 bits per heavy atom. The Balaban J connectivity index is 1.81. The van der Waals surface area contributed by atoms with Crippen molar-refractivity contribution in [1.82, 2.24) is 19.9 Å². The quantitative estimate of drug-likeness (QED) is 0.738. The number of hydrogen-bond donors (Lipinski definition) is 1. The summed E-state index contributed by atoms with van der Waals surface area (Å²) in [6, 6.07) is 1.97. The molecule has 26 heavy (non-hydrogen) atoms. The maximum Gasteiger partial charge on any atom is 0.224 e. The number of ether oxygens (including phenoxy) is 1. The van der Waals surface area contributed by atoms with Crippen molar-refractivity contribution in [2.45, 2.75) is 6.61 Å². The molecule has 4 rings (SSSR count). The second-order valence-corrected chi connectivity index (χ2v) is 7.34. The molecule has 0 bridgehead atoms. The molecule has 0 radical (unpaired) electrons. The number of thiophene rings is 1. The van der Waals surface area contributed by atoms with E-state index < -0.39 is 0 Å². The lowest BCUT2D eigenvalue weighted by Crippen LogP contribution is -2.37. The Kier molecular flexibility index (Phi) is 4.66. The summed E-state index contributed by atoms with van der Waals surface area (Å²) in [5, 5.41) is 10.5. The number of nitrogens with zero attached hydrogens (tertiary/aromatic N) is 6. The molecular formula is C17H20N6O2S. The van der Waals surface area contributed by atoms with Gasteiger partial charge in [0.25, 0.3) is 0 Å². The van der Waals surface area contributed by atoms with Crippen LogP contribution in [0.15, 0.2) is 18.5 Å². The van der Waals surface area contributed by atoms with Gasteiger partial charge in [0.15, 0.2) is 5.82 Å². The highest BCUT2D eigenvalue weighted by Crippen LogP contribution is 2.33.